The molecule has 4 aromatic carbocycles. The number of rotatable bonds is 7. The van der Waals surface area contributed by atoms with Gasteiger partial charge in [0.25, 0.3) is 11.8 Å². The maximum absolute atomic E-state index is 14.1. The largest absolute Gasteiger partial charge is 0.497 e. The second-order valence-electron chi connectivity index (χ2n) is 11.0. The maximum Gasteiger partial charge on any atom is 0.332 e. The summed E-state index contributed by atoms with van der Waals surface area (Å²) in [5.41, 5.74) is 5.00. The molecular weight excluding hydrogens is 559 g/mol. The molecule has 44 heavy (non-hydrogen) atoms. The van der Waals surface area contributed by atoms with E-state index >= 15 is 0 Å². The number of halogens is 1. The molecule has 1 fully saturated rings. The monoisotopic (exact) mass is 588 g/mol. The van der Waals surface area contributed by atoms with Crippen molar-refractivity contribution >= 4 is 34.4 Å². The number of amides is 4. The molecule has 9 heteroatoms. The Morgan fingerprint density at radius 3 is 2.43 bits per heavy atom. The van der Waals surface area contributed by atoms with Gasteiger partial charge in [-0.3, -0.25) is 14.5 Å². The molecule has 0 bridgehead atoms. The van der Waals surface area contributed by atoms with Crippen molar-refractivity contribution in [2.24, 2.45) is 0 Å². The molecule has 0 saturated carbocycles. The maximum atomic E-state index is 14.1. The molecule has 2 aliphatic rings. The number of aromatic nitrogens is 1. The minimum absolute atomic E-state index is 0.267. The molecule has 2 aliphatic heterocycles. The van der Waals surface area contributed by atoms with E-state index in [-0.39, 0.29) is 24.2 Å². The summed E-state index contributed by atoms with van der Waals surface area (Å²) in [7, 11) is 1.60. The predicted molar refractivity (Wildman–Crippen MR) is 164 cm³/mol. The van der Waals surface area contributed by atoms with Crippen molar-refractivity contribution in [1.82, 2.24) is 15.2 Å². The first-order chi connectivity index (χ1) is 21.4. The van der Waals surface area contributed by atoms with Crippen molar-refractivity contribution < 1.29 is 23.5 Å². The van der Waals surface area contributed by atoms with Gasteiger partial charge in [-0.1, -0.05) is 48.5 Å². The second-order valence-corrected chi connectivity index (χ2v) is 11.0. The summed E-state index contributed by atoms with van der Waals surface area (Å²) in [4.78, 5) is 47.2. The van der Waals surface area contributed by atoms with Crippen molar-refractivity contribution in [2.45, 2.75) is 24.9 Å². The summed E-state index contributed by atoms with van der Waals surface area (Å²) in [6.45, 7) is 0.267. The SMILES string of the molecule is COc1ccc([C@H]2c3[nH]c4ccccc4c3C[C@H]3C(=O)N(c4ccc(C(=O)NCCc5ccccc5F)cc4)C(=O)N23)cc1. The Morgan fingerprint density at radius 1 is 0.955 bits per heavy atom. The minimum Gasteiger partial charge on any atom is -0.497 e. The molecule has 1 saturated heterocycles. The van der Waals surface area contributed by atoms with Crippen LogP contribution in [-0.4, -0.2) is 47.4 Å². The Bertz CT molecular complexity index is 1900. The van der Waals surface area contributed by atoms with Gasteiger partial charge in [-0.25, -0.2) is 14.1 Å². The Hall–Kier alpha value is -5.44. The molecule has 4 amide bonds. The number of H-pyrrole nitrogens is 1. The smallest absolute Gasteiger partial charge is 0.332 e. The molecule has 0 spiro atoms. The van der Waals surface area contributed by atoms with Crippen LogP contribution in [0.15, 0.2) is 97.1 Å². The molecule has 5 aromatic rings. The van der Waals surface area contributed by atoms with E-state index in [1.54, 1.807) is 54.5 Å². The number of fused-ring (bicyclic) bond motifs is 4. The Balaban J connectivity index is 1.16. The van der Waals surface area contributed by atoms with Gasteiger partial charge < -0.3 is 15.0 Å². The zero-order valence-corrected chi connectivity index (χ0v) is 23.9. The number of urea groups is 1. The van der Waals surface area contributed by atoms with Gasteiger partial charge in [0.05, 0.1) is 12.8 Å². The van der Waals surface area contributed by atoms with Crippen LogP contribution in [0, 0.1) is 5.82 Å². The van der Waals surface area contributed by atoms with Crippen molar-refractivity contribution in [3.63, 3.8) is 0 Å². The van der Waals surface area contributed by atoms with E-state index in [0.717, 1.165) is 27.7 Å². The molecule has 8 nitrogen and oxygen atoms in total. The van der Waals surface area contributed by atoms with Gasteiger partial charge >= 0.3 is 6.03 Å². The first-order valence-corrected chi connectivity index (χ1v) is 14.5. The fourth-order valence-corrected chi connectivity index (χ4v) is 6.32. The lowest BCUT2D eigenvalue weighted by molar-refractivity contribution is -0.120. The van der Waals surface area contributed by atoms with E-state index in [1.165, 1.54) is 11.0 Å². The number of hydrogen-bond donors (Lipinski definition) is 2. The minimum atomic E-state index is -0.692. The molecule has 2 atom stereocenters. The lowest BCUT2D eigenvalue weighted by Gasteiger charge is -2.36. The molecule has 220 valence electrons. The molecule has 0 radical (unpaired) electrons. The van der Waals surface area contributed by atoms with Crippen LogP contribution in [0.4, 0.5) is 14.9 Å². The summed E-state index contributed by atoms with van der Waals surface area (Å²) in [5.74, 6) is -0.252. The highest BCUT2D eigenvalue weighted by molar-refractivity contribution is 6.22. The van der Waals surface area contributed by atoms with Gasteiger partial charge in [0.2, 0.25) is 0 Å². The number of aromatic amines is 1. The van der Waals surface area contributed by atoms with Crippen LogP contribution in [0.25, 0.3) is 10.9 Å². The van der Waals surface area contributed by atoms with Gasteiger partial charge in [-0.2, -0.15) is 0 Å². The molecule has 3 heterocycles. The van der Waals surface area contributed by atoms with Gasteiger partial charge in [0.15, 0.2) is 0 Å². The fraction of sp³-hybridized carbons (Fsp3) is 0.171. The standard InChI is InChI=1S/C35H29FN4O4/c1-44-25-16-12-22(13-17-25)32-31-27(26-7-3-5-9-29(26)38-31)20-30-34(42)39(35(43)40(30)32)24-14-10-23(11-15-24)33(41)37-19-18-21-6-2-4-8-28(21)36/h2-17,30,32,38H,18-20H2,1H3,(H,37,41)/t30-,32-/m0/s1. The van der Waals surface area contributed by atoms with Gasteiger partial charge in [-0.15, -0.1) is 0 Å². The molecule has 2 N–H and O–H groups in total. The normalized spacial score (nSPS) is 17.5. The zero-order chi connectivity index (χ0) is 30.4. The number of nitrogens with one attached hydrogen (secondary N) is 2. The predicted octanol–water partition coefficient (Wildman–Crippen LogP) is 5.77. The number of carbonyl (C=O) groups is 3. The van der Waals surface area contributed by atoms with Crippen LogP contribution in [0.1, 0.15) is 38.8 Å². The summed E-state index contributed by atoms with van der Waals surface area (Å²) in [6.07, 6.45) is 0.743. The highest BCUT2D eigenvalue weighted by Crippen LogP contribution is 2.45. The first-order valence-electron chi connectivity index (χ1n) is 14.5. The average molecular weight is 589 g/mol. The van der Waals surface area contributed by atoms with Crippen molar-refractivity contribution in [2.75, 3.05) is 18.6 Å². The average Bonchev–Trinajstić information content (AvgIpc) is 3.55. The number of benzene rings is 4. The lowest BCUT2D eigenvalue weighted by atomic mass is 9.89. The molecular formula is C35H29FN4O4. The number of nitrogens with zero attached hydrogens (tertiary/aromatic N) is 2. The van der Waals surface area contributed by atoms with E-state index in [2.05, 4.69) is 10.3 Å². The first kappa shape index (κ1) is 27.4. The third-order valence-electron chi connectivity index (χ3n) is 8.51. The molecule has 1 aromatic heterocycles. The number of carbonyl (C=O) groups excluding carboxylic acids is 3. The zero-order valence-electron chi connectivity index (χ0n) is 23.9. The van der Waals surface area contributed by atoms with Crippen LogP contribution in [0.2, 0.25) is 0 Å². The summed E-state index contributed by atoms with van der Waals surface area (Å²) in [6, 6.07) is 26.7. The number of para-hydroxylation sites is 1. The van der Waals surface area contributed by atoms with Crippen molar-refractivity contribution in [3.05, 3.63) is 131 Å². The van der Waals surface area contributed by atoms with Crippen LogP contribution in [0.3, 0.4) is 0 Å². The quantitative estimate of drug-likeness (QED) is 0.236. The third-order valence-corrected chi connectivity index (χ3v) is 8.51. The number of ether oxygens (including phenoxy) is 1. The van der Waals surface area contributed by atoms with E-state index in [1.807, 2.05) is 48.5 Å². The Labute approximate surface area is 253 Å². The van der Waals surface area contributed by atoms with Crippen molar-refractivity contribution in [1.29, 1.82) is 0 Å². The van der Waals surface area contributed by atoms with E-state index in [4.69, 9.17) is 4.74 Å². The molecule has 7 rings (SSSR count). The number of anilines is 1. The van der Waals surface area contributed by atoms with Gasteiger partial charge in [-0.05, 0) is 71.6 Å². The Morgan fingerprint density at radius 2 is 1.68 bits per heavy atom. The number of methoxy groups -OCH3 is 1. The molecule has 0 unspecified atom stereocenters. The van der Waals surface area contributed by atoms with Crippen LogP contribution >= 0.6 is 0 Å². The second kappa shape index (κ2) is 11.0. The highest BCUT2D eigenvalue weighted by atomic mass is 19.1. The lowest BCUT2D eigenvalue weighted by Crippen LogP contribution is -2.44. The Kier molecular flexibility index (Phi) is 6.85. The summed E-state index contributed by atoms with van der Waals surface area (Å²) < 4.78 is 19.3. The third kappa shape index (κ3) is 4.57. The number of hydrogen-bond acceptors (Lipinski definition) is 4. The molecule has 0 aliphatic carbocycles. The van der Waals surface area contributed by atoms with Gasteiger partial charge in [0, 0.05) is 35.1 Å². The topological polar surface area (TPSA) is 94.7 Å². The summed E-state index contributed by atoms with van der Waals surface area (Å²) in [5, 5.41) is 3.83. The van der Waals surface area contributed by atoms with Crippen LogP contribution in [0.5, 0.6) is 5.75 Å². The van der Waals surface area contributed by atoms with Crippen molar-refractivity contribution in [3.8, 4) is 5.75 Å². The van der Waals surface area contributed by atoms with E-state index < -0.39 is 18.1 Å². The fourth-order valence-electron chi connectivity index (χ4n) is 6.32. The highest BCUT2D eigenvalue weighted by Gasteiger charge is 2.53. The van der Waals surface area contributed by atoms with Crippen LogP contribution < -0.4 is 15.0 Å². The number of imide groups is 1. The van der Waals surface area contributed by atoms with E-state index in [9.17, 15) is 18.8 Å². The van der Waals surface area contributed by atoms with Gasteiger partial charge in [0.1, 0.15) is 23.7 Å². The van der Waals surface area contributed by atoms with Crippen LogP contribution in [-0.2, 0) is 17.6 Å². The summed E-state index contributed by atoms with van der Waals surface area (Å²) >= 11 is 0. The van der Waals surface area contributed by atoms with E-state index in [0.29, 0.717) is 35.4 Å².